The SMILES string of the molecule is O=C1N=CC(NC(=O)c2cccc(Br)c2)C(=O)N1. The quantitative estimate of drug-likeness (QED) is 0.849. The Balaban J connectivity index is 2.10. The van der Waals surface area contributed by atoms with Gasteiger partial charge in [-0.2, -0.15) is 0 Å². The van der Waals surface area contributed by atoms with E-state index in [0.29, 0.717) is 5.56 Å². The smallest absolute Gasteiger partial charge is 0.336 e. The van der Waals surface area contributed by atoms with Gasteiger partial charge in [-0.05, 0) is 18.2 Å². The highest BCUT2D eigenvalue weighted by Crippen LogP contribution is 2.11. The molecule has 1 aliphatic rings. The first-order chi connectivity index (χ1) is 8.56. The van der Waals surface area contributed by atoms with Gasteiger partial charge in [0.05, 0.1) is 0 Å². The van der Waals surface area contributed by atoms with Crippen molar-refractivity contribution in [1.82, 2.24) is 10.6 Å². The lowest BCUT2D eigenvalue weighted by Crippen LogP contribution is -2.51. The van der Waals surface area contributed by atoms with Crippen LogP contribution in [0.25, 0.3) is 0 Å². The maximum atomic E-state index is 11.8. The highest BCUT2D eigenvalue weighted by atomic mass is 79.9. The van der Waals surface area contributed by atoms with Gasteiger partial charge >= 0.3 is 6.03 Å². The largest absolute Gasteiger partial charge is 0.347 e. The van der Waals surface area contributed by atoms with Crippen LogP contribution in [0.3, 0.4) is 0 Å². The van der Waals surface area contributed by atoms with Gasteiger partial charge in [-0.1, -0.05) is 22.0 Å². The second kappa shape index (κ2) is 5.09. The molecular formula is C11H8BrN3O3. The molecule has 1 heterocycles. The fraction of sp³-hybridized carbons (Fsp3) is 0.0909. The van der Waals surface area contributed by atoms with E-state index < -0.39 is 23.9 Å². The predicted molar refractivity (Wildman–Crippen MR) is 67.4 cm³/mol. The number of urea groups is 1. The Morgan fingerprint density at radius 3 is 2.83 bits per heavy atom. The highest BCUT2D eigenvalue weighted by Gasteiger charge is 2.24. The molecule has 0 fully saturated rings. The van der Waals surface area contributed by atoms with Crippen LogP contribution >= 0.6 is 15.9 Å². The Labute approximate surface area is 111 Å². The summed E-state index contributed by atoms with van der Waals surface area (Å²) < 4.78 is 0.757. The minimum atomic E-state index is -0.936. The standard InChI is InChI=1S/C11H8BrN3O3/c12-7-3-1-2-6(4-7)9(16)14-8-5-13-11(18)15-10(8)17/h1-5,8H,(H,14,16)(H,15,17,18). The van der Waals surface area contributed by atoms with Crippen molar-refractivity contribution in [3.8, 4) is 0 Å². The molecule has 0 bridgehead atoms. The van der Waals surface area contributed by atoms with Gasteiger partial charge in [0.15, 0.2) is 0 Å². The zero-order chi connectivity index (χ0) is 13.1. The molecule has 7 heteroatoms. The van der Waals surface area contributed by atoms with Crippen LogP contribution in [0, 0.1) is 0 Å². The number of halogens is 1. The van der Waals surface area contributed by atoms with Crippen LogP contribution in [0.1, 0.15) is 10.4 Å². The van der Waals surface area contributed by atoms with Crippen molar-refractivity contribution in [3.05, 3.63) is 34.3 Å². The molecule has 0 saturated carbocycles. The molecule has 1 unspecified atom stereocenters. The van der Waals surface area contributed by atoms with Gasteiger partial charge in [-0.15, -0.1) is 0 Å². The summed E-state index contributed by atoms with van der Waals surface area (Å²) in [5, 5.41) is 4.46. The summed E-state index contributed by atoms with van der Waals surface area (Å²) in [5.41, 5.74) is 0.405. The molecule has 1 aromatic carbocycles. The third-order valence-electron chi connectivity index (χ3n) is 2.23. The van der Waals surface area contributed by atoms with Gasteiger partial charge in [0.25, 0.3) is 11.8 Å². The van der Waals surface area contributed by atoms with Crippen LogP contribution in [0.2, 0.25) is 0 Å². The number of rotatable bonds is 2. The molecule has 0 spiro atoms. The van der Waals surface area contributed by atoms with E-state index >= 15 is 0 Å². The van der Waals surface area contributed by atoms with E-state index in [1.807, 2.05) is 5.32 Å². The monoisotopic (exact) mass is 309 g/mol. The minimum absolute atomic E-state index is 0.405. The number of carbonyl (C=O) groups is 3. The third-order valence-corrected chi connectivity index (χ3v) is 2.72. The zero-order valence-corrected chi connectivity index (χ0v) is 10.6. The number of aliphatic imine (C=N–C) groups is 1. The van der Waals surface area contributed by atoms with Crippen LogP contribution in [0.4, 0.5) is 4.79 Å². The first-order valence-electron chi connectivity index (χ1n) is 5.02. The van der Waals surface area contributed by atoms with Crippen molar-refractivity contribution in [1.29, 1.82) is 0 Å². The lowest BCUT2D eigenvalue weighted by molar-refractivity contribution is -0.120. The summed E-state index contributed by atoms with van der Waals surface area (Å²) in [6, 6.07) is 5.06. The summed E-state index contributed by atoms with van der Waals surface area (Å²) in [6.07, 6.45) is 1.11. The van der Waals surface area contributed by atoms with E-state index in [9.17, 15) is 14.4 Å². The second-order valence-electron chi connectivity index (χ2n) is 3.53. The van der Waals surface area contributed by atoms with Crippen molar-refractivity contribution in [2.24, 2.45) is 4.99 Å². The fourth-order valence-electron chi connectivity index (χ4n) is 1.38. The molecule has 92 valence electrons. The van der Waals surface area contributed by atoms with Crippen LogP contribution in [0.5, 0.6) is 0 Å². The summed E-state index contributed by atoms with van der Waals surface area (Å²) >= 11 is 3.25. The molecule has 0 aliphatic carbocycles. The van der Waals surface area contributed by atoms with Gasteiger partial charge < -0.3 is 5.32 Å². The molecule has 2 N–H and O–H groups in total. The van der Waals surface area contributed by atoms with E-state index in [4.69, 9.17) is 0 Å². The van der Waals surface area contributed by atoms with E-state index in [1.54, 1.807) is 24.3 Å². The number of nitrogens with one attached hydrogen (secondary N) is 2. The first kappa shape index (κ1) is 12.4. The zero-order valence-electron chi connectivity index (χ0n) is 9.01. The molecule has 1 aromatic rings. The van der Waals surface area contributed by atoms with Crippen LogP contribution in [0.15, 0.2) is 33.7 Å². The molecule has 0 aromatic heterocycles. The topological polar surface area (TPSA) is 87.6 Å². The maximum Gasteiger partial charge on any atom is 0.347 e. The molecule has 2 rings (SSSR count). The van der Waals surface area contributed by atoms with Crippen molar-refractivity contribution in [2.45, 2.75) is 6.04 Å². The summed E-state index contributed by atoms with van der Waals surface area (Å²) in [7, 11) is 0. The van der Waals surface area contributed by atoms with Gasteiger partial charge in [0.2, 0.25) is 0 Å². The Morgan fingerprint density at radius 1 is 1.39 bits per heavy atom. The molecule has 6 nitrogen and oxygen atoms in total. The van der Waals surface area contributed by atoms with Gasteiger partial charge in [0, 0.05) is 16.3 Å². The minimum Gasteiger partial charge on any atom is -0.336 e. The first-order valence-corrected chi connectivity index (χ1v) is 5.81. The van der Waals surface area contributed by atoms with Gasteiger partial charge in [0.1, 0.15) is 6.04 Å². The predicted octanol–water partition coefficient (Wildman–Crippen LogP) is 0.868. The molecule has 4 amide bonds. The van der Waals surface area contributed by atoms with Crippen LogP contribution in [-0.4, -0.2) is 30.1 Å². The lowest BCUT2D eigenvalue weighted by Gasteiger charge is -2.16. The number of carbonyl (C=O) groups excluding carboxylic acids is 3. The molecule has 0 saturated heterocycles. The Kier molecular flexibility index (Phi) is 3.52. The Morgan fingerprint density at radius 2 is 2.17 bits per heavy atom. The average molecular weight is 310 g/mol. The van der Waals surface area contributed by atoms with E-state index in [2.05, 4.69) is 26.2 Å². The number of benzene rings is 1. The summed E-state index contributed by atoms with van der Waals surface area (Å²) in [4.78, 5) is 37.4. The van der Waals surface area contributed by atoms with Crippen molar-refractivity contribution >= 4 is 40.0 Å². The molecule has 0 radical (unpaired) electrons. The fourth-order valence-corrected chi connectivity index (χ4v) is 1.78. The summed E-state index contributed by atoms with van der Waals surface area (Å²) in [5.74, 6) is -1.02. The number of hydrogen-bond acceptors (Lipinski definition) is 3. The number of amides is 4. The number of hydrogen-bond donors (Lipinski definition) is 2. The average Bonchev–Trinajstić information content (AvgIpc) is 2.32. The van der Waals surface area contributed by atoms with E-state index in [1.165, 1.54) is 0 Å². The van der Waals surface area contributed by atoms with Crippen LogP contribution < -0.4 is 10.6 Å². The molecular weight excluding hydrogens is 302 g/mol. The van der Waals surface area contributed by atoms with E-state index in [-0.39, 0.29) is 0 Å². The van der Waals surface area contributed by atoms with E-state index in [0.717, 1.165) is 10.7 Å². The van der Waals surface area contributed by atoms with Gasteiger partial charge in [-0.3, -0.25) is 14.9 Å². The van der Waals surface area contributed by atoms with Crippen molar-refractivity contribution in [3.63, 3.8) is 0 Å². The summed E-state index contributed by atoms with van der Waals surface area (Å²) in [6.45, 7) is 0. The van der Waals surface area contributed by atoms with Crippen molar-refractivity contribution < 1.29 is 14.4 Å². The maximum absolute atomic E-state index is 11.8. The van der Waals surface area contributed by atoms with Crippen molar-refractivity contribution in [2.75, 3.05) is 0 Å². The van der Waals surface area contributed by atoms with Crippen LogP contribution in [-0.2, 0) is 4.79 Å². The third kappa shape index (κ3) is 2.80. The Bertz CT molecular complexity index is 556. The van der Waals surface area contributed by atoms with Gasteiger partial charge in [-0.25, -0.2) is 9.79 Å². The lowest BCUT2D eigenvalue weighted by atomic mass is 10.2. The highest BCUT2D eigenvalue weighted by molar-refractivity contribution is 9.10. The number of nitrogens with zero attached hydrogens (tertiary/aromatic N) is 1. The molecule has 1 aliphatic heterocycles. The second-order valence-corrected chi connectivity index (χ2v) is 4.45. The molecule has 1 atom stereocenters. The normalized spacial score (nSPS) is 18.4. The number of imide groups is 1. The molecule has 18 heavy (non-hydrogen) atoms. The Hall–Kier alpha value is -2.02.